The summed E-state index contributed by atoms with van der Waals surface area (Å²) in [4.78, 5) is 2.39. The Morgan fingerprint density at radius 1 is 1.24 bits per heavy atom. The summed E-state index contributed by atoms with van der Waals surface area (Å²) in [5.74, 6) is -0.146. The van der Waals surface area contributed by atoms with Gasteiger partial charge < -0.3 is 10.2 Å². The van der Waals surface area contributed by atoms with Crippen molar-refractivity contribution in [1.82, 2.24) is 10.2 Å². The minimum atomic E-state index is -0.146. The first-order valence-electron chi connectivity index (χ1n) is 8.24. The Labute approximate surface area is 128 Å². The molecule has 1 saturated carbocycles. The average molecular weight is 292 g/mol. The van der Waals surface area contributed by atoms with E-state index in [0.717, 1.165) is 18.5 Å². The molecule has 0 bridgehead atoms. The third-order valence-corrected chi connectivity index (χ3v) is 5.07. The monoisotopic (exact) mass is 292 g/mol. The predicted octanol–water partition coefficient (Wildman–Crippen LogP) is 4.13. The Hall–Kier alpha value is -0.930. The maximum absolute atomic E-state index is 13.4. The molecular formula is C18H29FN2. The highest BCUT2D eigenvalue weighted by atomic mass is 19.1. The molecule has 2 rings (SSSR count). The SMILES string of the molecule is CCC(NCC1(N(C)C)CCCCC1)c1cccc(F)c1. The number of benzene rings is 1. The van der Waals surface area contributed by atoms with Crippen LogP contribution in [-0.2, 0) is 0 Å². The van der Waals surface area contributed by atoms with E-state index in [9.17, 15) is 4.39 Å². The second kappa shape index (κ2) is 7.37. The number of hydrogen-bond donors (Lipinski definition) is 1. The zero-order valence-corrected chi connectivity index (χ0v) is 13.7. The van der Waals surface area contributed by atoms with Gasteiger partial charge in [-0.1, -0.05) is 38.3 Å². The Balaban J connectivity index is 2.04. The molecule has 2 nitrogen and oxygen atoms in total. The van der Waals surface area contributed by atoms with Gasteiger partial charge in [0.05, 0.1) is 0 Å². The molecule has 1 aromatic rings. The van der Waals surface area contributed by atoms with Crippen molar-refractivity contribution in [3.63, 3.8) is 0 Å². The van der Waals surface area contributed by atoms with E-state index >= 15 is 0 Å². The van der Waals surface area contributed by atoms with E-state index in [4.69, 9.17) is 0 Å². The normalized spacial score (nSPS) is 19.7. The lowest BCUT2D eigenvalue weighted by atomic mass is 9.80. The molecule has 0 spiro atoms. The summed E-state index contributed by atoms with van der Waals surface area (Å²) in [5.41, 5.74) is 1.32. The van der Waals surface area contributed by atoms with Crippen LogP contribution in [0.4, 0.5) is 4.39 Å². The number of nitrogens with zero attached hydrogens (tertiary/aromatic N) is 1. The van der Waals surface area contributed by atoms with Crippen molar-refractivity contribution in [3.05, 3.63) is 35.6 Å². The van der Waals surface area contributed by atoms with Crippen LogP contribution in [0.5, 0.6) is 0 Å². The fraction of sp³-hybridized carbons (Fsp3) is 0.667. The first-order chi connectivity index (χ1) is 10.1. The molecule has 1 unspecified atom stereocenters. The van der Waals surface area contributed by atoms with E-state index in [1.54, 1.807) is 12.1 Å². The molecule has 0 aromatic heterocycles. The van der Waals surface area contributed by atoms with Crippen LogP contribution < -0.4 is 5.32 Å². The quantitative estimate of drug-likeness (QED) is 0.848. The number of likely N-dealkylation sites (N-methyl/N-ethyl adjacent to an activating group) is 1. The summed E-state index contributed by atoms with van der Waals surface area (Å²) in [6.07, 6.45) is 7.48. The van der Waals surface area contributed by atoms with Gasteiger partial charge in [0, 0.05) is 18.1 Å². The summed E-state index contributed by atoms with van der Waals surface area (Å²) in [5, 5.41) is 3.70. The molecule has 0 saturated heterocycles. The molecule has 1 fully saturated rings. The van der Waals surface area contributed by atoms with Crippen LogP contribution in [0, 0.1) is 5.82 Å². The molecule has 1 N–H and O–H groups in total. The number of halogens is 1. The number of rotatable bonds is 6. The van der Waals surface area contributed by atoms with Gasteiger partial charge in [-0.2, -0.15) is 0 Å². The zero-order valence-electron chi connectivity index (χ0n) is 13.7. The lowest BCUT2D eigenvalue weighted by Gasteiger charge is -2.44. The minimum Gasteiger partial charge on any atom is -0.308 e. The van der Waals surface area contributed by atoms with Crippen LogP contribution >= 0.6 is 0 Å². The Morgan fingerprint density at radius 3 is 2.52 bits per heavy atom. The van der Waals surface area contributed by atoms with Crippen molar-refractivity contribution in [2.75, 3.05) is 20.6 Å². The van der Waals surface area contributed by atoms with Gasteiger partial charge in [0.15, 0.2) is 0 Å². The minimum absolute atomic E-state index is 0.146. The standard InChI is InChI=1S/C18H29FN2/c1-4-17(15-9-8-10-16(19)13-15)20-14-18(21(2)3)11-6-5-7-12-18/h8-10,13,17,20H,4-7,11-12,14H2,1-3H3. The van der Waals surface area contributed by atoms with Crippen LogP contribution in [0.25, 0.3) is 0 Å². The fourth-order valence-corrected chi connectivity index (χ4v) is 3.53. The van der Waals surface area contributed by atoms with Gasteiger partial charge in [-0.25, -0.2) is 4.39 Å². The van der Waals surface area contributed by atoms with Crippen LogP contribution in [0.2, 0.25) is 0 Å². The van der Waals surface area contributed by atoms with Gasteiger partial charge in [-0.05, 0) is 51.1 Å². The van der Waals surface area contributed by atoms with Crippen LogP contribution in [0.1, 0.15) is 57.1 Å². The molecule has 3 heteroatoms. The lowest BCUT2D eigenvalue weighted by Crippen LogP contribution is -2.53. The van der Waals surface area contributed by atoms with Crippen molar-refractivity contribution in [3.8, 4) is 0 Å². The van der Waals surface area contributed by atoms with Crippen LogP contribution in [-0.4, -0.2) is 31.1 Å². The second-order valence-corrected chi connectivity index (χ2v) is 6.58. The topological polar surface area (TPSA) is 15.3 Å². The van der Waals surface area contributed by atoms with E-state index in [0.29, 0.717) is 0 Å². The molecule has 1 aromatic carbocycles. The van der Waals surface area contributed by atoms with Gasteiger partial charge in [0.2, 0.25) is 0 Å². The summed E-state index contributed by atoms with van der Waals surface area (Å²) < 4.78 is 13.4. The highest BCUT2D eigenvalue weighted by Gasteiger charge is 2.34. The summed E-state index contributed by atoms with van der Waals surface area (Å²) >= 11 is 0. The molecule has 1 aliphatic carbocycles. The molecule has 0 aliphatic heterocycles. The Kier molecular flexibility index (Phi) is 5.77. The summed E-state index contributed by atoms with van der Waals surface area (Å²) in [6.45, 7) is 3.14. The van der Waals surface area contributed by atoms with Gasteiger partial charge in [-0.15, -0.1) is 0 Å². The Morgan fingerprint density at radius 2 is 1.95 bits per heavy atom. The molecule has 0 heterocycles. The third kappa shape index (κ3) is 4.04. The van der Waals surface area contributed by atoms with E-state index in [1.807, 2.05) is 6.07 Å². The Bertz CT molecular complexity index is 439. The first kappa shape index (κ1) is 16.4. The maximum atomic E-state index is 13.4. The van der Waals surface area contributed by atoms with Gasteiger partial charge in [-0.3, -0.25) is 0 Å². The van der Waals surface area contributed by atoms with Crippen LogP contribution in [0.15, 0.2) is 24.3 Å². The smallest absolute Gasteiger partial charge is 0.123 e. The van der Waals surface area contributed by atoms with E-state index in [1.165, 1.54) is 38.2 Å². The highest BCUT2D eigenvalue weighted by Crippen LogP contribution is 2.32. The zero-order chi connectivity index (χ0) is 15.3. The van der Waals surface area contributed by atoms with Gasteiger partial charge >= 0.3 is 0 Å². The van der Waals surface area contributed by atoms with Crippen LogP contribution in [0.3, 0.4) is 0 Å². The fourth-order valence-electron chi connectivity index (χ4n) is 3.53. The van der Waals surface area contributed by atoms with Crippen molar-refractivity contribution >= 4 is 0 Å². The maximum Gasteiger partial charge on any atom is 0.123 e. The first-order valence-corrected chi connectivity index (χ1v) is 8.24. The van der Waals surface area contributed by atoms with Gasteiger partial charge in [0.1, 0.15) is 5.82 Å². The molecule has 1 atom stereocenters. The molecule has 21 heavy (non-hydrogen) atoms. The third-order valence-electron chi connectivity index (χ3n) is 5.07. The number of hydrogen-bond acceptors (Lipinski definition) is 2. The molecular weight excluding hydrogens is 263 g/mol. The summed E-state index contributed by atoms with van der Waals surface area (Å²) in [7, 11) is 4.38. The molecule has 118 valence electrons. The van der Waals surface area contributed by atoms with E-state index < -0.39 is 0 Å². The molecule has 1 aliphatic rings. The predicted molar refractivity (Wildman–Crippen MR) is 86.9 cm³/mol. The van der Waals surface area contributed by atoms with Crippen molar-refractivity contribution < 1.29 is 4.39 Å². The molecule has 0 radical (unpaired) electrons. The van der Waals surface area contributed by atoms with E-state index in [-0.39, 0.29) is 17.4 Å². The largest absolute Gasteiger partial charge is 0.308 e. The highest BCUT2D eigenvalue weighted by molar-refractivity contribution is 5.20. The summed E-state index contributed by atoms with van der Waals surface area (Å²) in [6, 6.07) is 7.23. The van der Waals surface area contributed by atoms with Gasteiger partial charge in [0.25, 0.3) is 0 Å². The average Bonchev–Trinajstić information content (AvgIpc) is 2.49. The van der Waals surface area contributed by atoms with Crippen molar-refractivity contribution in [2.45, 2.75) is 57.0 Å². The lowest BCUT2D eigenvalue weighted by molar-refractivity contribution is 0.0949. The number of nitrogens with one attached hydrogen (secondary N) is 1. The van der Waals surface area contributed by atoms with E-state index in [2.05, 4.69) is 31.2 Å². The molecule has 0 amide bonds. The second-order valence-electron chi connectivity index (χ2n) is 6.58. The van der Waals surface area contributed by atoms with Crippen molar-refractivity contribution in [1.29, 1.82) is 0 Å². The van der Waals surface area contributed by atoms with Crippen molar-refractivity contribution in [2.24, 2.45) is 0 Å².